The van der Waals surface area contributed by atoms with E-state index < -0.39 is 15.3 Å². The van der Waals surface area contributed by atoms with Crippen molar-refractivity contribution in [1.29, 1.82) is 0 Å². The summed E-state index contributed by atoms with van der Waals surface area (Å²) in [6.45, 7) is 7.42. The fourth-order valence-corrected chi connectivity index (χ4v) is 6.15. The maximum absolute atomic E-state index is 12.8. The normalized spacial score (nSPS) is 15.6. The molecular weight excluding hydrogens is 462 g/mol. The minimum atomic E-state index is -3.48. The molecule has 0 bridgehead atoms. The maximum atomic E-state index is 12.8. The summed E-state index contributed by atoms with van der Waals surface area (Å²) in [6.07, 6.45) is 3.39. The number of carbonyl (C=O) groups excluding carboxylic acids is 1. The van der Waals surface area contributed by atoms with Gasteiger partial charge in [-0.3, -0.25) is 4.79 Å². The summed E-state index contributed by atoms with van der Waals surface area (Å²) >= 11 is 1.31. The Morgan fingerprint density at radius 3 is 2.48 bits per heavy atom. The second kappa shape index (κ2) is 9.70. The molecule has 1 atom stereocenters. The number of aromatic nitrogens is 3. The van der Waals surface area contributed by atoms with E-state index in [2.05, 4.69) is 15.5 Å². The van der Waals surface area contributed by atoms with Crippen molar-refractivity contribution in [2.24, 2.45) is 0 Å². The molecule has 33 heavy (non-hydrogen) atoms. The van der Waals surface area contributed by atoms with Crippen molar-refractivity contribution in [2.45, 2.75) is 55.5 Å². The number of amides is 1. The minimum absolute atomic E-state index is 0.207. The third kappa shape index (κ3) is 4.85. The van der Waals surface area contributed by atoms with E-state index >= 15 is 0 Å². The highest BCUT2D eigenvalue weighted by molar-refractivity contribution is 8.00. The molecule has 0 saturated carbocycles. The SMILES string of the molecule is CCn1c(S[C@H](C)C(=O)Nc2ccc(S(=O)(=O)N3CCCC3)cc2)nnc1-c1ccoc1C. The third-order valence-corrected chi connectivity index (χ3v) is 8.60. The fourth-order valence-electron chi connectivity index (χ4n) is 3.72. The van der Waals surface area contributed by atoms with E-state index in [1.807, 2.05) is 24.5 Å². The number of benzene rings is 1. The number of anilines is 1. The number of carbonyl (C=O) groups is 1. The number of aryl methyl sites for hydroxylation is 1. The topological polar surface area (TPSA) is 110 Å². The van der Waals surface area contributed by atoms with Gasteiger partial charge < -0.3 is 14.3 Å². The molecule has 0 unspecified atom stereocenters. The van der Waals surface area contributed by atoms with Crippen LogP contribution in [0.15, 0.2) is 51.1 Å². The lowest BCUT2D eigenvalue weighted by molar-refractivity contribution is -0.115. The first-order chi connectivity index (χ1) is 15.8. The molecule has 0 aliphatic carbocycles. The number of sulfonamides is 1. The van der Waals surface area contributed by atoms with Gasteiger partial charge in [-0.05, 0) is 63.9 Å². The maximum Gasteiger partial charge on any atom is 0.243 e. The van der Waals surface area contributed by atoms with Gasteiger partial charge in [-0.25, -0.2) is 8.42 Å². The number of furan rings is 1. The molecule has 1 aliphatic heterocycles. The van der Waals surface area contributed by atoms with Crippen molar-refractivity contribution < 1.29 is 17.6 Å². The first kappa shape index (κ1) is 23.5. The largest absolute Gasteiger partial charge is 0.469 e. The molecule has 1 fully saturated rings. The summed E-state index contributed by atoms with van der Waals surface area (Å²) in [5.41, 5.74) is 1.41. The van der Waals surface area contributed by atoms with E-state index in [0.29, 0.717) is 36.3 Å². The van der Waals surface area contributed by atoms with Crippen LogP contribution in [0.3, 0.4) is 0 Å². The Morgan fingerprint density at radius 2 is 1.88 bits per heavy atom. The Bertz CT molecular complexity index is 1230. The number of rotatable bonds is 8. The predicted molar refractivity (Wildman–Crippen MR) is 127 cm³/mol. The van der Waals surface area contributed by atoms with Gasteiger partial charge >= 0.3 is 0 Å². The van der Waals surface area contributed by atoms with Gasteiger partial charge in [-0.2, -0.15) is 4.31 Å². The van der Waals surface area contributed by atoms with E-state index in [4.69, 9.17) is 4.42 Å². The average molecular weight is 490 g/mol. The summed E-state index contributed by atoms with van der Waals surface area (Å²) < 4.78 is 34.2. The monoisotopic (exact) mass is 489 g/mol. The third-order valence-electron chi connectivity index (χ3n) is 5.61. The van der Waals surface area contributed by atoms with E-state index in [1.54, 1.807) is 25.3 Å². The van der Waals surface area contributed by atoms with Crippen molar-refractivity contribution in [1.82, 2.24) is 19.1 Å². The molecule has 9 nitrogen and oxygen atoms in total. The predicted octanol–water partition coefficient (Wildman–Crippen LogP) is 3.77. The number of thioether (sulfide) groups is 1. The van der Waals surface area contributed by atoms with Crippen LogP contribution in [0.4, 0.5) is 5.69 Å². The lowest BCUT2D eigenvalue weighted by Crippen LogP contribution is -2.27. The molecule has 1 aliphatic rings. The van der Waals surface area contributed by atoms with Crippen LogP contribution in [-0.4, -0.2) is 51.7 Å². The van der Waals surface area contributed by atoms with E-state index in [9.17, 15) is 13.2 Å². The molecule has 1 saturated heterocycles. The molecule has 0 spiro atoms. The molecule has 176 valence electrons. The number of nitrogens with one attached hydrogen (secondary N) is 1. The highest BCUT2D eigenvalue weighted by Crippen LogP contribution is 2.29. The molecule has 0 radical (unpaired) electrons. The molecule has 11 heteroatoms. The quantitative estimate of drug-likeness (QED) is 0.480. The second-order valence-corrected chi connectivity index (χ2v) is 11.1. The van der Waals surface area contributed by atoms with Crippen LogP contribution in [0.2, 0.25) is 0 Å². The molecule has 1 amide bonds. The number of hydrogen-bond donors (Lipinski definition) is 1. The van der Waals surface area contributed by atoms with Crippen LogP contribution in [0.5, 0.6) is 0 Å². The first-order valence-electron chi connectivity index (χ1n) is 10.9. The lowest BCUT2D eigenvalue weighted by Gasteiger charge is -2.16. The lowest BCUT2D eigenvalue weighted by atomic mass is 10.2. The van der Waals surface area contributed by atoms with Crippen LogP contribution < -0.4 is 5.32 Å². The molecule has 4 rings (SSSR count). The van der Waals surface area contributed by atoms with Gasteiger partial charge in [-0.1, -0.05) is 11.8 Å². The average Bonchev–Trinajstić information content (AvgIpc) is 3.55. The summed E-state index contributed by atoms with van der Waals surface area (Å²) in [6, 6.07) is 8.16. The van der Waals surface area contributed by atoms with Crippen LogP contribution in [0.25, 0.3) is 11.4 Å². The second-order valence-electron chi connectivity index (χ2n) is 7.83. The van der Waals surface area contributed by atoms with E-state index in [1.165, 1.54) is 28.2 Å². The Hall–Kier alpha value is -2.63. The van der Waals surface area contributed by atoms with Crippen molar-refractivity contribution in [2.75, 3.05) is 18.4 Å². The smallest absolute Gasteiger partial charge is 0.243 e. The van der Waals surface area contributed by atoms with Gasteiger partial charge in [0.1, 0.15) is 5.76 Å². The Labute approximate surface area is 197 Å². The summed E-state index contributed by atoms with van der Waals surface area (Å²) in [4.78, 5) is 13.0. The summed E-state index contributed by atoms with van der Waals surface area (Å²) in [5, 5.41) is 11.6. The van der Waals surface area contributed by atoms with Crippen LogP contribution >= 0.6 is 11.8 Å². The van der Waals surface area contributed by atoms with Gasteiger partial charge in [0, 0.05) is 25.3 Å². The zero-order valence-electron chi connectivity index (χ0n) is 18.8. The Morgan fingerprint density at radius 1 is 1.18 bits per heavy atom. The van der Waals surface area contributed by atoms with Crippen LogP contribution in [0.1, 0.15) is 32.4 Å². The van der Waals surface area contributed by atoms with Gasteiger partial charge in [0.2, 0.25) is 15.9 Å². The standard InChI is InChI=1S/C22H27N5O4S2/c1-4-27-20(19-11-14-31-15(19)2)24-25-22(27)32-16(3)21(28)23-17-7-9-18(10-8-17)33(29,30)26-12-5-6-13-26/h7-11,14,16H,4-6,12-13H2,1-3H3,(H,23,28)/t16-/m1/s1. The summed E-state index contributed by atoms with van der Waals surface area (Å²) in [5.74, 6) is 1.25. The molecule has 1 aromatic carbocycles. The van der Waals surface area contributed by atoms with Crippen LogP contribution in [0, 0.1) is 6.92 Å². The van der Waals surface area contributed by atoms with Crippen molar-refractivity contribution >= 4 is 33.4 Å². The van der Waals surface area contributed by atoms with E-state index in [-0.39, 0.29) is 10.8 Å². The van der Waals surface area contributed by atoms with Gasteiger partial charge in [0.05, 0.1) is 22.0 Å². The zero-order valence-corrected chi connectivity index (χ0v) is 20.4. The Kier molecular flexibility index (Phi) is 6.91. The minimum Gasteiger partial charge on any atom is -0.469 e. The molecule has 1 N–H and O–H groups in total. The highest BCUT2D eigenvalue weighted by Gasteiger charge is 2.27. The molecule has 3 heterocycles. The summed E-state index contributed by atoms with van der Waals surface area (Å²) in [7, 11) is -3.48. The number of hydrogen-bond acceptors (Lipinski definition) is 7. The number of nitrogens with zero attached hydrogens (tertiary/aromatic N) is 4. The highest BCUT2D eigenvalue weighted by atomic mass is 32.2. The molecule has 3 aromatic rings. The molecule has 2 aromatic heterocycles. The zero-order chi connectivity index (χ0) is 23.6. The molecular formula is C22H27N5O4S2. The van der Waals surface area contributed by atoms with Crippen molar-refractivity contribution in [3.8, 4) is 11.4 Å². The van der Waals surface area contributed by atoms with Gasteiger partial charge in [0.15, 0.2) is 11.0 Å². The fraction of sp³-hybridized carbons (Fsp3) is 0.409. The van der Waals surface area contributed by atoms with Crippen molar-refractivity contribution in [3.63, 3.8) is 0 Å². The first-order valence-corrected chi connectivity index (χ1v) is 13.2. The van der Waals surface area contributed by atoms with Gasteiger partial charge in [0.25, 0.3) is 0 Å². The van der Waals surface area contributed by atoms with Crippen molar-refractivity contribution in [3.05, 3.63) is 42.4 Å². The Balaban J connectivity index is 1.42. The van der Waals surface area contributed by atoms with Crippen LogP contribution in [-0.2, 0) is 21.4 Å². The van der Waals surface area contributed by atoms with Gasteiger partial charge in [-0.15, -0.1) is 10.2 Å². The van der Waals surface area contributed by atoms with E-state index in [0.717, 1.165) is 24.2 Å².